The van der Waals surface area contributed by atoms with Gasteiger partial charge in [0.15, 0.2) is 5.78 Å². The monoisotopic (exact) mass is 407 g/mol. The average Bonchev–Trinajstić information content (AvgIpc) is 3.16. The summed E-state index contributed by atoms with van der Waals surface area (Å²) < 4.78 is 12.7. The Morgan fingerprint density at radius 2 is 2.10 bits per heavy atom. The third kappa shape index (κ3) is 3.87. The Hall–Kier alpha value is -3.35. The number of aryl methyl sites for hydroxylation is 1. The predicted octanol–water partition coefficient (Wildman–Crippen LogP) is 3.14. The molecule has 1 N–H and O–H groups in total. The maximum Gasteiger partial charge on any atom is 0.336 e. The van der Waals surface area contributed by atoms with E-state index in [2.05, 4.69) is 10.3 Å². The molecule has 156 valence electrons. The summed E-state index contributed by atoms with van der Waals surface area (Å²) in [6.07, 6.45) is 4.86. The molecule has 0 unspecified atom stereocenters. The van der Waals surface area contributed by atoms with Crippen LogP contribution < -0.4 is 10.1 Å². The lowest BCUT2D eigenvalue weighted by molar-refractivity contribution is -0.140. The van der Waals surface area contributed by atoms with Crippen molar-refractivity contribution >= 4 is 11.8 Å². The lowest BCUT2D eigenvalue weighted by Gasteiger charge is -2.32. The molecular weight excluding hydrogens is 382 g/mol. The van der Waals surface area contributed by atoms with Crippen LogP contribution >= 0.6 is 0 Å². The molecule has 2 heterocycles. The van der Waals surface area contributed by atoms with Crippen LogP contribution in [-0.4, -0.2) is 28.4 Å². The van der Waals surface area contributed by atoms with Gasteiger partial charge in [0, 0.05) is 49.0 Å². The van der Waals surface area contributed by atoms with Gasteiger partial charge in [0.05, 0.1) is 24.7 Å². The summed E-state index contributed by atoms with van der Waals surface area (Å²) in [6, 6.07) is 7.81. The van der Waals surface area contributed by atoms with Crippen molar-refractivity contribution < 1.29 is 19.1 Å². The average molecular weight is 407 g/mol. The van der Waals surface area contributed by atoms with Gasteiger partial charge in [-0.2, -0.15) is 0 Å². The van der Waals surface area contributed by atoms with E-state index in [0.29, 0.717) is 36.1 Å². The molecule has 0 fully saturated rings. The van der Waals surface area contributed by atoms with Gasteiger partial charge < -0.3 is 19.4 Å². The minimum absolute atomic E-state index is 0.0466. The van der Waals surface area contributed by atoms with E-state index in [9.17, 15) is 9.59 Å². The van der Waals surface area contributed by atoms with Gasteiger partial charge in [-0.05, 0) is 25.0 Å². The van der Waals surface area contributed by atoms with E-state index in [0.717, 1.165) is 22.7 Å². The van der Waals surface area contributed by atoms with Gasteiger partial charge >= 0.3 is 5.97 Å². The number of rotatable bonds is 5. The molecule has 1 atom stereocenters. The summed E-state index contributed by atoms with van der Waals surface area (Å²) in [5.74, 6) is 0.477. The highest BCUT2D eigenvalue weighted by Gasteiger charge is 2.34. The molecule has 7 heteroatoms. The number of aromatic nitrogens is 2. The number of ketones is 1. The van der Waals surface area contributed by atoms with Gasteiger partial charge in [0.1, 0.15) is 12.4 Å². The number of methoxy groups -OCH3 is 1. The number of dihydropyridines is 1. The molecule has 1 aliphatic carbocycles. The standard InChI is InChI=1S/C23H25N3O4/c1-14-18(23(28)30-12-16-11-26(2)13-24-16)10-19-20(25-14)8-15(9-21(19)27)17-6-4-5-7-22(17)29-3/h4-7,11,13,15,25H,8-10,12H2,1-3H3/t15-/m1/s1. The predicted molar refractivity (Wildman–Crippen MR) is 110 cm³/mol. The van der Waals surface area contributed by atoms with Crippen LogP contribution in [0, 0.1) is 0 Å². The Balaban J connectivity index is 1.48. The number of ether oxygens (including phenoxy) is 2. The third-order valence-corrected chi connectivity index (χ3v) is 5.66. The van der Waals surface area contributed by atoms with E-state index in [1.807, 2.05) is 38.2 Å². The Labute approximate surface area is 175 Å². The van der Waals surface area contributed by atoms with Crippen molar-refractivity contribution in [2.75, 3.05) is 7.11 Å². The number of para-hydroxylation sites is 1. The molecule has 1 aliphatic heterocycles. The lowest BCUT2D eigenvalue weighted by Crippen LogP contribution is -2.31. The van der Waals surface area contributed by atoms with Crippen LogP contribution in [0.5, 0.6) is 5.75 Å². The topological polar surface area (TPSA) is 82.5 Å². The largest absolute Gasteiger partial charge is 0.496 e. The second kappa shape index (κ2) is 8.18. The molecule has 0 radical (unpaired) electrons. The molecule has 0 saturated heterocycles. The van der Waals surface area contributed by atoms with E-state index in [4.69, 9.17) is 9.47 Å². The van der Waals surface area contributed by atoms with Crippen molar-refractivity contribution in [1.29, 1.82) is 0 Å². The number of nitrogens with one attached hydrogen (secondary N) is 1. The van der Waals surface area contributed by atoms with E-state index in [-0.39, 0.29) is 18.3 Å². The highest BCUT2D eigenvalue weighted by Crippen LogP contribution is 2.41. The van der Waals surface area contributed by atoms with E-state index in [1.165, 1.54) is 0 Å². The van der Waals surface area contributed by atoms with Gasteiger partial charge in [0.25, 0.3) is 0 Å². The summed E-state index contributed by atoms with van der Waals surface area (Å²) in [6.45, 7) is 1.95. The number of allylic oxidation sites excluding steroid dienone is 3. The van der Waals surface area contributed by atoms with Gasteiger partial charge in [-0.3, -0.25) is 4.79 Å². The number of benzene rings is 1. The normalized spacial score (nSPS) is 18.8. The van der Waals surface area contributed by atoms with Crippen molar-refractivity contribution in [3.05, 3.63) is 70.6 Å². The number of hydrogen-bond donors (Lipinski definition) is 1. The van der Waals surface area contributed by atoms with Crippen LogP contribution in [0.25, 0.3) is 0 Å². The fourth-order valence-electron chi connectivity index (χ4n) is 4.12. The van der Waals surface area contributed by atoms with E-state index in [1.54, 1.807) is 24.2 Å². The second-order valence-corrected chi connectivity index (χ2v) is 7.74. The summed E-state index contributed by atoms with van der Waals surface area (Å²) in [7, 11) is 3.50. The fourth-order valence-corrected chi connectivity index (χ4v) is 4.12. The Morgan fingerprint density at radius 1 is 1.30 bits per heavy atom. The number of nitrogens with zero attached hydrogens (tertiary/aromatic N) is 2. The number of carbonyl (C=O) groups is 2. The molecule has 30 heavy (non-hydrogen) atoms. The van der Waals surface area contributed by atoms with Gasteiger partial charge in [-0.25, -0.2) is 9.78 Å². The van der Waals surface area contributed by atoms with Crippen LogP contribution in [0.1, 0.15) is 43.4 Å². The summed E-state index contributed by atoms with van der Waals surface area (Å²) in [5.41, 5.74) is 4.50. The molecule has 2 aliphatic rings. The fraction of sp³-hybridized carbons (Fsp3) is 0.348. The van der Waals surface area contributed by atoms with Crippen molar-refractivity contribution in [1.82, 2.24) is 14.9 Å². The number of Topliss-reactive ketones (excluding diaryl/α,β-unsaturated/α-hetero) is 1. The molecule has 0 amide bonds. The minimum Gasteiger partial charge on any atom is -0.496 e. The first-order valence-corrected chi connectivity index (χ1v) is 9.95. The van der Waals surface area contributed by atoms with Crippen LogP contribution in [-0.2, 0) is 28.0 Å². The summed E-state index contributed by atoms with van der Waals surface area (Å²) in [4.78, 5) is 29.7. The SMILES string of the molecule is COc1ccccc1[C@H]1CC(=O)C2=C(C1)NC(C)=C(C(=O)OCc1cn(C)cn1)C2. The van der Waals surface area contributed by atoms with Gasteiger partial charge in [-0.1, -0.05) is 18.2 Å². The summed E-state index contributed by atoms with van der Waals surface area (Å²) in [5, 5.41) is 3.30. The first-order valence-electron chi connectivity index (χ1n) is 9.95. The molecule has 1 aromatic carbocycles. The van der Waals surface area contributed by atoms with Crippen molar-refractivity contribution in [2.45, 2.75) is 38.7 Å². The quantitative estimate of drug-likeness (QED) is 0.767. The smallest absolute Gasteiger partial charge is 0.336 e. The molecule has 0 saturated carbocycles. The van der Waals surface area contributed by atoms with E-state index < -0.39 is 5.97 Å². The van der Waals surface area contributed by atoms with E-state index >= 15 is 0 Å². The first kappa shape index (κ1) is 19.9. The maximum atomic E-state index is 12.9. The zero-order chi connectivity index (χ0) is 21.3. The number of hydrogen-bond acceptors (Lipinski definition) is 6. The van der Waals surface area contributed by atoms with Gasteiger partial charge in [0.2, 0.25) is 0 Å². The Bertz CT molecular complexity index is 1060. The third-order valence-electron chi connectivity index (χ3n) is 5.66. The Morgan fingerprint density at radius 3 is 2.83 bits per heavy atom. The number of carbonyl (C=O) groups excluding carboxylic acids is 2. The molecule has 2 aromatic rings. The lowest BCUT2D eigenvalue weighted by atomic mass is 9.78. The maximum absolute atomic E-state index is 12.9. The van der Waals surface area contributed by atoms with Crippen LogP contribution in [0.4, 0.5) is 0 Å². The molecule has 1 aromatic heterocycles. The molecule has 4 rings (SSSR count). The van der Waals surface area contributed by atoms with Crippen molar-refractivity contribution in [3.8, 4) is 5.75 Å². The van der Waals surface area contributed by atoms with Crippen molar-refractivity contribution in [3.63, 3.8) is 0 Å². The number of esters is 1. The van der Waals surface area contributed by atoms with Crippen molar-refractivity contribution in [2.24, 2.45) is 7.05 Å². The number of imidazole rings is 1. The van der Waals surface area contributed by atoms with Gasteiger partial charge in [-0.15, -0.1) is 0 Å². The second-order valence-electron chi connectivity index (χ2n) is 7.74. The molecule has 0 spiro atoms. The Kier molecular flexibility index (Phi) is 5.44. The first-order chi connectivity index (χ1) is 14.5. The molecule has 7 nitrogen and oxygen atoms in total. The molecular formula is C23H25N3O4. The zero-order valence-corrected chi connectivity index (χ0v) is 17.4. The highest BCUT2D eigenvalue weighted by atomic mass is 16.5. The van der Waals surface area contributed by atoms with Crippen LogP contribution in [0.2, 0.25) is 0 Å². The van der Waals surface area contributed by atoms with Crippen LogP contribution in [0.3, 0.4) is 0 Å². The summed E-state index contributed by atoms with van der Waals surface area (Å²) >= 11 is 0. The molecule has 0 bridgehead atoms. The minimum atomic E-state index is -0.420. The zero-order valence-electron chi connectivity index (χ0n) is 17.4. The van der Waals surface area contributed by atoms with Crippen LogP contribution in [0.15, 0.2) is 59.3 Å². The highest BCUT2D eigenvalue weighted by molar-refractivity contribution is 6.01.